The van der Waals surface area contributed by atoms with Gasteiger partial charge in [-0.2, -0.15) is 0 Å². The zero-order valence-corrected chi connectivity index (χ0v) is 11.0. The highest BCUT2D eigenvalue weighted by Gasteiger charge is 2.42. The van der Waals surface area contributed by atoms with E-state index in [4.69, 9.17) is 10.6 Å². The molecule has 4 N–H and O–H groups in total. The lowest BCUT2D eigenvalue weighted by Crippen LogP contribution is -2.31. The SMILES string of the molecule is COCCC1(CNC(=O)c2ccc(NN)nn2)CC1. The number of aromatic nitrogens is 2. The Hall–Kier alpha value is -1.73. The number of rotatable bonds is 7. The Labute approximate surface area is 111 Å². The number of hydrogen-bond donors (Lipinski definition) is 3. The van der Waals surface area contributed by atoms with Crippen LogP contribution in [0.4, 0.5) is 5.82 Å². The average molecular weight is 265 g/mol. The fraction of sp³-hybridized carbons (Fsp3) is 0.583. The van der Waals surface area contributed by atoms with Crippen molar-refractivity contribution >= 4 is 11.7 Å². The van der Waals surface area contributed by atoms with Crippen LogP contribution in [-0.4, -0.2) is 36.4 Å². The topological polar surface area (TPSA) is 102 Å². The highest BCUT2D eigenvalue weighted by molar-refractivity contribution is 5.92. The number of methoxy groups -OCH3 is 1. The summed E-state index contributed by atoms with van der Waals surface area (Å²) in [4.78, 5) is 11.9. The number of carbonyl (C=O) groups excluding carboxylic acids is 1. The van der Waals surface area contributed by atoms with Gasteiger partial charge >= 0.3 is 0 Å². The Kier molecular flexibility index (Phi) is 4.28. The van der Waals surface area contributed by atoms with Gasteiger partial charge in [0.15, 0.2) is 11.5 Å². The summed E-state index contributed by atoms with van der Waals surface area (Å²) in [6.45, 7) is 1.39. The number of carbonyl (C=O) groups is 1. The second-order valence-electron chi connectivity index (χ2n) is 4.87. The molecule has 1 aliphatic carbocycles. The van der Waals surface area contributed by atoms with E-state index in [0.29, 0.717) is 18.1 Å². The summed E-state index contributed by atoms with van der Waals surface area (Å²) in [7, 11) is 1.69. The van der Waals surface area contributed by atoms with E-state index in [1.165, 1.54) is 0 Å². The zero-order chi connectivity index (χ0) is 13.7. The second-order valence-corrected chi connectivity index (χ2v) is 4.87. The maximum Gasteiger partial charge on any atom is 0.271 e. The molecule has 0 saturated heterocycles. The first-order chi connectivity index (χ1) is 9.19. The number of amides is 1. The molecule has 0 radical (unpaired) electrons. The number of hydrogen-bond acceptors (Lipinski definition) is 6. The predicted octanol–water partition coefficient (Wildman–Crippen LogP) is 0.309. The monoisotopic (exact) mass is 265 g/mol. The first kappa shape index (κ1) is 13.7. The number of nitrogens with two attached hydrogens (primary N) is 1. The lowest BCUT2D eigenvalue weighted by Gasteiger charge is -2.15. The molecule has 0 bridgehead atoms. The van der Waals surface area contributed by atoms with Gasteiger partial charge < -0.3 is 15.5 Å². The molecule has 1 aliphatic rings. The summed E-state index contributed by atoms with van der Waals surface area (Å²) in [6.07, 6.45) is 3.25. The smallest absolute Gasteiger partial charge is 0.271 e. The fourth-order valence-electron chi connectivity index (χ4n) is 1.90. The van der Waals surface area contributed by atoms with Crippen LogP contribution in [-0.2, 0) is 4.74 Å². The predicted molar refractivity (Wildman–Crippen MR) is 70.3 cm³/mol. The molecule has 0 aliphatic heterocycles. The largest absolute Gasteiger partial charge is 0.385 e. The van der Waals surface area contributed by atoms with Crippen molar-refractivity contribution in [2.24, 2.45) is 11.3 Å². The molecule has 104 valence electrons. The minimum absolute atomic E-state index is 0.209. The van der Waals surface area contributed by atoms with E-state index in [-0.39, 0.29) is 11.3 Å². The van der Waals surface area contributed by atoms with Gasteiger partial charge in [0.05, 0.1) is 0 Å². The maximum atomic E-state index is 11.9. The third kappa shape index (κ3) is 3.62. The van der Waals surface area contributed by atoms with Crippen molar-refractivity contribution in [3.8, 4) is 0 Å². The van der Waals surface area contributed by atoms with E-state index < -0.39 is 0 Å². The van der Waals surface area contributed by atoms with Gasteiger partial charge in [0, 0.05) is 20.3 Å². The first-order valence-electron chi connectivity index (χ1n) is 6.27. The van der Waals surface area contributed by atoms with Crippen LogP contribution in [0.3, 0.4) is 0 Å². The van der Waals surface area contributed by atoms with Crippen molar-refractivity contribution in [1.82, 2.24) is 15.5 Å². The second kappa shape index (κ2) is 5.94. The molecule has 1 aromatic rings. The van der Waals surface area contributed by atoms with Gasteiger partial charge in [0.25, 0.3) is 5.91 Å². The van der Waals surface area contributed by atoms with Gasteiger partial charge in [-0.1, -0.05) is 0 Å². The van der Waals surface area contributed by atoms with E-state index >= 15 is 0 Å². The van der Waals surface area contributed by atoms with Gasteiger partial charge in [-0.05, 0) is 36.8 Å². The van der Waals surface area contributed by atoms with E-state index in [1.807, 2.05) is 0 Å². The molecule has 1 amide bonds. The van der Waals surface area contributed by atoms with Crippen molar-refractivity contribution in [2.45, 2.75) is 19.3 Å². The molecule has 7 nitrogen and oxygen atoms in total. The molecule has 7 heteroatoms. The molecule has 19 heavy (non-hydrogen) atoms. The van der Waals surface area contributed by atoms with Gasteiger partial charge in [0.1, 0.15) is 0 Å². The Morgan fingerprint density at radius 1 is 1.47 bits per heavy atom. The van der Waals surface area contributed by atoms with E-state index in [0.717, 1.165) is 25.9 Å². The van der Waals surface area contributed by atoms with E-state index in [1.54, 1.807) is 19.2 Å². The summed E-state index contributed by atoms with van der Waals surface area (Å²) in [5, 5.41) is 10.5. The van der Waals surface area contributed by atoms with Crippen LogP contribution < -0.4 is 16.6 Å². The number of anilines is 1. The Morgan fingerprint density at radius 2 is 2.26 bits per heavy atom. The minimum Gasteiger partial charge on any atom is -0.385 e. The van der Waals surface area contributed by atoms with Crippen LogP contribution in [0.15, 0.2) is 12.1 Å². The van der Waals surface area contributed by atoms with Crippen molar-refractivity contribution in [3.05, 3.63) is 17.8 Å². The van der Waals surface area contributed by atoms with Crippen molar-refractivity contribution in [2.75, 3.05) is 25.7 Å². The standard InChI is InChI=1S/C12H19N5O2/c1-19-7-6-12(4-5-12)8-14-11(18)9-2-3-10(15-13)17-16-9/h2-3H,4-8,13H2,1H3,(H,14,18)(H,15,17). The van der Waals surface area contributed by atoms with Gasteiger partial charge in [-0.25, -0.2) is 5.84 Å². The van der Waals surface area contributed by atoms with Crippen molar-refractivity contribution < 1.29 is 9.53 Å². The molecular formula is C12H19N5O2. The van der Waals surface area contributed by atoms with Crippen LogP contribution in [0, 0.1) is 5.41 Å². The lowest BCUT2D eigenvalue weighted by atomic mass is 10.0. The van der Waals surface area contributed by atoms with Crippen LogP contribution in [0.2, 0.25) is 0 Å². The molecule has 1 fully saturated rings. The summed E-state index contributed by atoms with van der Waals surface area (Å²) in [5.74, 6) is 5.40. The summed E-state index contributed by atoms with van der Waals surface area (Å²) >= 11 is 0. The van der Waals surface area contributed by atoms with Crippen molar-refractivity contribution in [3.63, 3.8) is 0 Å². The third-order valence-corrected chi connectivity index (χ3v) is 3.46. The van der Waals surface area contributed by atoms with Gasteiger partial charge in [-0.3, -0.25) is 4.79 Å². The van der Waals surface area contributed by atoms with Crippen LogP contribution >= 0.6 is 0 Å². The lowest BCUT2D eigenvalue weighted by molar-refractivity contribution is 0.0932. The quantitative estimate of drug-likeness (QED) is 0.484. The Balaban J connectivity index is 1.83. The summed E-state index contributed by atoms with van der Waals surface area (Å²) in [5.41, 5.74) is 2.88. The number of nitrogens with one attached hydrogen (secondary N) is 2. The van der Waals surface area contributed by atoms with Crippen LogP contribution in [0.1, 0.15) is 29.8 Å². The molecule has 0 unspecified atom stereocenters. The summed E-state index contributed by atoms with van der Waals surface area (Å²) in [6, 6.07) is 3.20. The van der Waals surface area contributed by atoms with Crippen LogP contribution in [0.5, 0.6) is 0 Å². The Morgan fingerprint density at radius 3 is 2.79 bits per heavy atom. The fourth-order valence-corrected chi connectivity index (χ4v) is 1.90. The summed E-state index contributed by atoms with van der Waals surface area (Å²) < 4.78 is 5.08. The molecular weight excluding hydrogens is 246 g/mol. The van der Waals surface area contributed by atoms with Gasteiger partial charge in [0.2, 0.25) is 0 Å². The first-order valence-corrected chi connectivity index (χ1v) is 6.27. The molecule has 0 aromatic carbocycles. The zero-order valence-electron chi connectivity index (χ0n) is 11.0. The molecule has 2 rings (SSSR count). The van der Waals surface area contributed by atoms with E-state index in [9.17, 15) is 4.79 Å². The average Bonchev–Trinajstić information content (AvgIpc) is 3.23. The molecule has 1 aromatic heterocycles. The van der Waals surface area contributed by atoms with Crippen molar-refractivity contribution in [1.29, 1.82) is 0 Å². The minimum atomic E-state index is -0.209. The van der Waals surface area contributed by atoms with Gasteiger partial charge in [-0.15, -0.1) is 10.2 Å². The normalized spacial score (nSPS) is 15.9. The number of nitrogen functional groups attached to an aromatic ring is 1. The number of nitrogens with zero attached hydrogens (tertiary/aromatic N) is 2. The molecule has 0 atom stereocenters. The van der Waals surface area contributed by atoms with Crippen LogP contribution in [0.25, 0.3) is 0 Å². The number of ether oxygens (including phenoxy) is 1. The highest BCUT2D eigenvalue weighted by Crippen LogP contribution is 2.48. The molecule has 0 spiro atoms. The highest BCUT2D eigenvalue weighted by atomic mass is 16.5. The Bertz CT molecular complexity index is 430. The number of hydrazine groups is 1. The molecule has 1 heterocycles. The maximum absolute atomic E-state index is 11.9. The molecule has 1 saturated carbocycles. The third-order valence-electron chi connectivity index (χ3n) is 3.46. The van der Waals surface area contributed by atoms with E-state index in [2.05, 4.69) is 20.9 Å².